The summed E-state index contributed by atoms with van der Waals surface area (Å²) in [5.74, 6) is -0.962. The van der Waals surface area contributed by atoms with Crippen LogP contribution in [0.15, 0.2) is 58.1 Å². The van der Waals surface area contributed by atoms with Crippen LogP contribution in [0.25, 0.3) is 11.0 Å². The fourth-order valence-corrected chi connectivity index (χ4v) is 4.80. The Hall–Kier alpha value is -3.98. The summed E-state index contributed by atoms with van der Waals surface area (Å²) in [6, 6.07) is 8.32. The molecule has 5 rings (SSSR count). The van der Waals surface area contributed by atoms with E-state index in [0.29, 0.717) is 28.8 Å². The molecular weight excluding hydrogens is 529 g/mol. The molecule has 0 saturated carbocycles. The number of aromatic nitrogens is 3. The predicted octanol–water partition coefficient (Wildman–Crippen LogP) is 1.78. The summed E-state index contributed by atoms with van der Waals surface area (Å²) >= 11 is 0. The molecule has 3 N–H and O–H groups in total. The smallest absolute Gasteiger partial charge is 0.340 e. The lowest BCUT2D eigenvalue weighted by Crippen LogP contribution is -2.43. The van der Waals surface area contributed by atoms with Crippen molar-refractivity contribution < 1.29 is 22.0 Å². The summed E-state index contributed by atoms with van der Waals surface area (Å²) in [6.07, 6.45) is 4.25. The topological polar surface area (TPSA) is 152 Å². The van der Waals surface area contributed by atoms with Gasteiger partial charge in [-0.1, -0.05) is 0 Å². The number of hydrogen-bond acceptors (Lipinski definition) is 10. The molecule has 12 nitrogen and oxygen atoms in total. The number of hydrogen-bond donors (Lipinski definition) is 3. The third-order valence-electron chi connectivity index (χ3n) is 6.27. The first kappa shape index (κ1) is 26.6. The minimum Gasteiger partial charge on any atom is -0.424 e. The number of halogens is 1. The number of rotatable bonds is 9. The molecule has 0 unspecified atom stereocenters. The van der Waals surface area contributed by atoms with Gasteiger partial charge in [0.25, 0.3) is 10.2 Å². The zero-order valence-electron chi connectivity index (χ0n) is 21.0. The van der Waals surface area contributed by atoms with E-state index < -0.39 is 27.5 Å². The highest BCUT2D eigenvalue weighted by atomic mass is 32.2. The van der Waals surface area contributed by atoms with Crippen molar-refractivity contribution in [2.24, 2.45) is 0 Å². The molecule has 0 atom stereocenters. The Bertz CT molecular complexity index is 1640. The Labute approximate surface area is 223 Å². The lowest BCUT2D eigenvalue weighted by atomic mass is 9.98. The van der Waals surface area contributed by atoms with Crippen LogP contribution in [0.2, 0.25) is 0 Å². The van der Waals surface area contributed by atoms with E-state index in [0.717, 1.165) is 26.2 Å². The van der Waals surface area contributed by atoms with Gasteiger partial charge < -0.3 is 14.5 Å². The van der Waals surface area contributed by atoms with Crippen molar-refractivity contribution in [2.45, 2.75) is 13.0 Å². The highest BCUT2D eigenvalue weighted by molar-refractivity contribution is 7.90. The molecule has 4 aromatic rings. The zero-order valence-corrected chi connectivity index (χ0v) is 21.8. The van der Waals surface area contributed by atoms with Gasteiger partial charge in [-0.2, -0.15) is 8.42 Å². The quantitative estimate of drug-likeness (QED) is 0.261. The molecule has 0 aliphatic carbocycles. The standard InChI is InChI=1S/C25H26FN7O5S/c1-27-39(35,36)32-23-22(26)16(5-8-29-23)13-19-20(15-33-11-9-28-10-12-33)18-4-3-17(14-21(18)38-24(19)34)37-25-30-6-2-7-31-25/h2-8,14,27-28H,9-13,15H2,1H3,(H,29,32). The van der Waals surface area contributed by atoms with Gasteiger partial charge in [-0.3, -0.25) is 9.62 Å². The highest BCUT2D eigenvalue weighted by Gasteiger charge is 2.22. The summed E-state index contributed by atoms with van der Waals surface area (Å²) in [7, 11) is -2.80. The fourth-order valence-electron chi connectivity index (χ4n) is 4.30. The van der Waals surface area contributed by atoms with Gasteiger partial charge in [0.05, 0.1) is 0 Å². The third kappa shape index (κ3) is 6.20. The Balaban J connectivity index is 1.56. The van der Waals surface area contributed by atoms with E-state index in [1.54, 1.807) is 36.7 Å². The molecule has 0 radical (unpaired) electrons. The monoisotopic (exact) mass is 555 g/mol. The van der Waals surface area contributed by atoms with Gasteiger partial charge in [-0.05, 0) is 35.4 Å². The van der Waals surface area contributed by atoms with Crippen LogP contribution in [0.5, 0.6) is 11.8 Å². The minimum atomic E-state index is -3.99. The van der Waals surface area contributed by atoms with Crippen molar-refractivity contribution in [3.63, 3.8) is 0 Å². The number of nitrogens with zero attached hydrogens (tertiary/aromatic N) is 4. The average molecular weight is 556 g/mol. The summed E-state index contributed by atoms with van der Waals surface area (Å²) in [5.41, 5.74) is 0.732. The third-order valence-corrected chi connectivity index (χ3v) is 7.27. The highest BCUT2D eigenvalue weighted by Crippen LogP contribution is 2.29. The number of pyridine rings is 1. The maximum Gasteiger partial charge on any atom is 0.340 e. The second-order valence-corrected chi connectivity index (χ2v) is 10.4. The average Bonchev–Trinajstić information content (AvgIpc) is 2.93. The number of fused-ring (bicyclic) bond motifs is 1. The van der Waals surface area contributed by atoms with Crippen molar-refractivity contribution in [1.29, 1.82) is 0 Å². The Kier molecular flexibility index (Phi) is 7.79. The first-order chi connectivity index (χ1) is 18.8. The molecule has 39 heavy (non-hydrogen) atoms. The van der Waals surface area contributed by atoms with Crippen LogP contribution >= 0.6 is 0 Å². The second-order valence-electron chi connectivity index (χ2n) is 8.78. The predicted molar refractivity (Wildman–Crippen MR) is 141 cm³/mol. The SMILES string of the molecule is CNS(=O)(=O)Nc1nccc(Cc2c(CN3CCNCC3)c3ccc(Oc4ncccn4)cc3oc2=O)c1F. The van der Waals surface area contributed by atoms with E-state index in [1.807, 2.05) is 4.72 Å². The van der Waals surface area contributed by atoms with E-state index in [2.05, 4.69) is 29.9 Å². The summed E-state index contributed by atoms with van der Waals surface area (Å²) in [4.78, 5) is 27.4. The Morgan fingerprint density at radius 1 is 1.10 bits per heavy atom. The van der Waals surface area contributed by atoms with Crippen molar-refractivity contribution in [3.05, 3.63) is 81.9 Å². The van der Waals surface area contributed by atoms with Crippen LogP contribution < -0.4 is 25.1 Å². The first-order valence-electron chi connectivity index (χ1n) is 12.1. The van der Waals surface area contributed by atoms with Crippen molar-refractivity contribution >= 4 is 27.0 Å². The first-order valence-corrected chi connectivity index (χ1v) is 13.6. The normalized spacial score (nSPS) is 14.4. The second kappa shape index (κ2) is 11.4. The summed E-state index contributed by atoms with van der Waals surface area (Å²) < 4.78 is 54.6. The molecule has 4 heterocycles. The molecule has 1 fully saturated rings. The van der Waals surface area contributed by atoms with Crippen LogP contribution in [-0.4, -0.2) is 61.5 Å². The van der Waals surface area contributed by atoms with Crippen molar-refractivity contribution in [2.75, 3.05) is 37.9 Å². The van der Waals surface area contributed by atoms with E-state index in [4.69, 9.17) is 9.15 Å². The number of anilines is 1. The fraction of sp³-hybridized carbons (Fsp3) is 0.280. The van der Waals surface area contributed by atoms with Gasteiger partial charge in [-0.15, -0.1) is 0 Å². The lowest BCUT2D eigenvalue weighted by Gasteiger charge is -2.28. The van der Waals surface area contributed by atoms with Gasteiger partial charge in [0, 0.05) is 81.8 Å². The van der Waals surface area contributed by atoms with Crippen molar-refractivity contribution in [1.82, 2.24) is 29.9 Å². The number of ether oxygens (including phenoxy) is 1. The van der Waals surface area contributed by atoms with E-state index in [-0.39, 0.29) is 23.6 Å². The van der Waals surface area contributed by atoms with Crippen molar-refractivity contribution in [3.8, 4) is 11.8 Å². The van der Waals surface area contributed by atoms with Gasteiger partial charge in [0.1, 0.15) is 11.3 Å². The summed E-state index contributed by atoms with van der Waals surface area (Å²) in [5, 5.41) is 3.98. The van der Waals surface area contributed by atoms with Gasteiger partial charge in [0.15, 0.2) is 11.6 Å². The molecule has 0 bridgehead atoms. The maximum absolute atomic E-state index is 15.3. The molecule has 1 aliphatic rings. The molecule has 1 aromatic carbocycles. The van der Waals surface area contributed by atoms with Crippen LogP contribution in [0.1, 0.15) is 16.7 Å². The molecule has 204 valence electrons. The molecule has 3 aromatic heterocycles. The number of nitrogens with one attached hydrogen (secondary N) is 3. The van der Waals surface area contributed by atoms with Crippen LogP contribution in [0.3, 0.4) is 0 Å². The Morgan fingerprint density at radius 3 is 2.62 bits per heavy atom. The van der Waals surface area contributed by atoms with Crippen LogP contribution in [0, 0.1) is 5.82 Å². The van der Waals surface area contributed by atoms with E-state index >= 15 is 4.39 Å². The number of piperazine rings is 1. The molecule has 0 spiro atoms. The molecule has 14 heteroatoms. The van der Waals surface area contributed by atoms with Gasteiger partial charge in [-0.25, -0.2) is 28.9 Å². The van der Waals surface area contributed by atoms with Gasteiger partial charge in [0.2, 0.25) is 0 Å². The Morgan fingerprint density at radius 2 is 1.87 bits per heavy atom. The lowest BCUT2D eigenvalue weighted by molar-refractivity contribution is 0.233. The molecule has 0 amide bonds. The largest absolute Gasteiger partial charge is 0.424 e. The summed E-state index contributed by atoms with van der Waals surface area (Å²) in [6.45, 7) is 3.59. The maximum atomic E-state index is 15.3. The molecule has 1 aliphatic heterocycles. The molecule has 1 saturated heterocycles. The van der Waals surface area contributed by atoms with Crippen LogP contribution in [0.4, 0.5) is 10.2 Å². The zero-order chi connectivity index (χ0) is 27.4. The minimum absolute atomic E-state index is 0.0909. The van der Waals surface area contributed by atoms with Gasteiger partial charge >= 0.3 is 11.6 Å². The van der Waals surface area contributed by atoms with E-state index in [1.165, 1.54) is 19.3 Å². The van der Waals surface area contributed by atoms with E-state index in [9.17, 15) is 13.2 Å². The molecular formula is C25H26FN7O5S. The number of benzene rings is 1. The van der Waals surface area contributed by atoms with Crippen LogP contribution in [-0.2, 0) is 23.2 Å².